The molecule has 0 aliphatic carbocycles. The maximum absolute atomic E-state index is 12.8. The van der Waals surface area contributed by atoms with Gasteiger partial charge in [0.05, 0.1) is 10.9 Å². The van der Waals surface area contributed by atoms with Crippen molar-refractivity contribution in [3.63, 3.8) is 0 Å². The lowest BCUT2D eigenvalue weighted by atomic mass is 10.1. The van der Waals surface area contributed by atoms with Crippen LogP contribution in [0.15, 0.2) is 53.4 Å². The number of hydrogen-bond acceptors (Lipinski definition) is 3. The third kappa shape index (κ3) is 3.85. The molecule has 0 saturated carbocycles. The summed E-state index contributed by atoms with van der Waals surface area (Å²) in [6.07, 6.45) is 3.05. The predicted octanol–water partition coefficient (Wildman–Crippen LogP) is 3.77. The quantitative estimate of drug-likeness (QED) is 0.908. The first-order valence-electron chi connectivity index (χ1n) is 8.29. The summed E-state index contributed by atoms with van der Waals surface area (Å²) in [5, 5.41) is 2.89. The molecular formula is C19H22N2O3S. The van der Waals surface area contributed by atoms with Crippen molar-refractivity contribution in [2.75, 3.05) is 18.1 Å². The molecule has 0 bridgehead atoms. The molecule has 0 unspecified atom stereocenters. The molecule has 3 rings (SSSR count). The van der Waals surface area contributed by atoms with Crippen LogP contribution >= 0.6 is 0 Å². The number of carbonyl (C=O) groups is 1. The Balaban J connectivity index is 1.82. The van der Waals surface area contributed by atoms with Gasteiger partial charge in [-0.2, -0.15) is 0 Å². The molecule has 1 atom stereocenters. The highest BCUT2D eigenvalue weighted by Gasteiger charge is 2.30. The highest BCUT2D eigenvalue weighted by atomic mass is 32.2. The number of amides is 2. The summed E-state index contributed by atoms with van der Waals surface area (Å²) in [6.45, 7) is 2.54. The van der Waals surface area contributed by atoms with Crippen LogP contribution in [0, 0.1) is 6.92 Å². The Bertz CT molecular complexity index is 879. The first-order chi connectivity index (χ1) is 11.9. The average molecular weight is 358 g/mol. The summed E-state index contributed by atoms with van der Waals surface area (Å²) < 4.78 is 23.5. The van der Waals surface area contributed by atoms with E-state index in [0.717, 1.165) is 30.2 Å². The van der Waals surface area contributed by atoms with Gasteiger partial charge in [-0.1, -0.05) is 36.4 Å². The minimum atomic E-state index is -3.32. The summed E-state index contributed by atoms with van der Waals surface area (Å²) in [4.78, 5) is 14.8. The number of likely N-dealkylation sites (tertiary alicyclic amines) is 1. The van der Waals surface area contributed by atoms with Gasteiger partial charge in [-0.15, -0.1) is 0 Å². The van der Waals surface area contributed by atoms with E-state index in [1.54, 1.807) is 12.1 Å². The van der Waals surface area contributed by atoms with Crippen molar-refractivity contribution in [2.24, 2.45) is 0 Å². The number of hydrogen-bond donors (Lipinski definition) is 1. The smallest absolute Gasteiger partial charge is 0.317 e. The van der Waals surface area contributed by atoms with Gasteiger partial charge in [0.25, 0.3) is 0 Å². The van der Waals surface area contributed by atoms with E-state index in [-0.39, 0.29) is 17.0 Å². The van der Waals surface area contributed by atoms with Gasteiger partial charge in [0, 0.05) is 18.5 Å². The first kappa shape index (κ1) is 17.5. The zero-order valence-electron chi connectivity index (χ0n) is 14.4. The van der Waals surface area contributed by atoms with Crippen LogP contribution in [0.1, 0.15) is 30.0 Å². The fourth-order valence-corrected chi connectivity index (χ4v) is 3.83. The van der Waals surface area contributed by atoms with Crippen LogP contribution in [0.25, 0.3) is 0 Å². The zero-order chi connectivity index (χ0) is 18.0. The molecule has 1 saturated heterocycles. The lowest BCUT2D eigenvalue weighted by molar-refractivity contribution is 0.207. The number of nitrogens with zero attached hydrogens (tertiary/aromatic N) is 1. The summed E-state index contributed by atoms with van der Waals surface area (Å²) in [5.74, 6) is 0. The minimum Gasteiger partial charge on any atom is -0.317 e. The van der Waals surface area contributed by atoms with E-state index in [9.17, 15) is 13.2 Å². The standard InChI is InChI=1S/C19H22N2O3S/c1-14-10-11-16(25(2,23)24)13-17(14)20-19(22)21-12-6-9-18(21)15-7-4-3-5-8-15/h3-5,7-8,10-11,13,18H,6,9,12H2,1-2H3,(H,20,22)/t18-/m0/s1. The summed E-state index contributed by atoms with van der Waals surface area (Å²) in [5.41, 5.74) is 2.49. The molecule has 6 heteroatoms. The number of sulfone groups is 1. The van der Waals surface area contributed by atoms with Crippen LogP contribution < -0.4 is 5.32 Å². The first-order valence-corrected chi connectivity index (χ1v) is 10.2. The maximum atomic E-state index is 12.8. The van der Waals surface area contributed by atoms with Crippen molar-refractivity contribution >= 4 is 21.6 Å². The molecule has 132 valence electrons. The van der Waals surface area contributed by atoms with Crippen LogP contribution in [0.2, 0.25) is 0 Å². The SMILES string of the molecule is Cc1ccc(S(C)(=O)=O)cc1NC(=O)N1CCC[C@H]1c1ccccc1. The number of aryl methyl sites for hydroxylation is 1. The van der Waals surface area contributed by atoms with Crippen molar-refractivity contribution in [1.29, 1.82) is 0 Å². The normalized spacial score (nSPS) is 17.5. The van der Waals surface area contributed by atoms with E-state index in [0.29, 0.717) is 12.2 Å². The molecular weight excluding hydrogens is 336 g/mol. The predicted molar refractivity (Wildman–Crippen MR) is 98.4 cm³/mol. The fraction of sp³-hybridized carbons (Fsp3) is 0.316. The Hall–Kier alpha value is -2.34. The fourth-order valence-electron chi connectivity index (χ4n) is 3.18. The highest BCUT2D eigenvalue weighted by Crippen LogP contribution is 2.32. The number of urea groups is 1. The average Bonchev–Trinajstić information content (AvgIpc) is 3.06. The number of benzene rings is 2. The molecule has 1 heterocycles. The monoisotopic (exact) mass is 358 g/mol. The number of anilines is 1. The largest absolute Gasteiger partial charge is 0.322 e. The number of carbonyl (C=O) groups excluding carboxylic acids is 1. The molecule has 1 aliphatic heterocycles. The molecule has 1 N–H and O–H groups in total. The van der Waals surface area contributed by atoms with Crippen molar-refractivity contribution in [2.45, 2.75) is 30.7 Å². The van der Waals surface area contributed by atoms with Gasteiger partial charge in [0.15, 0.2) is 9.84 Å². The third-order valence-electron chi connectivity index (χ3n) is 4.58. The molecule has 1 aliphatic rings. The zero-order valence-corrected chi connectivity index (χ0v) is 15.2. The van der Waals surface area contributed by atoms with Crippen LogP contribution in [0.3, 0.4) is 0 Å². The number of rotatable bonds is 3. The summed E-state index contributed by atoms with van der Waals surface area (Å²) in [6, 6.07) is 14.6. The second-order valence-corrected chi connectivity index (χ2v) is 8.46. The van der Waals surface area contributed by atoms with E-state index < -0.39 is 9.84 Å². The lowest BCUT2D eigenvalue weighted by Gasteiger charge is -2.26. The second-order valence-electron chi connectivity index (χ2n) is 6.44. The van der Waals surface area contributed by atoms with Gasteiger partial charge < -0.3 is 10.2 Å². The van der Waals surface area contributed by atoms with Gasteiger partial charge in [-0.25, -0.2) is 13.2 Å². The molecule has 0 radical (unpaired) electrons. The topological polar surface area (TPSA) is 66.5 Å². The summed E-state index contributed by atoms with van der Waals surface area (Å²) in [7, 11) is -3.32. The van der Waals surface area contributed by atoms with Crippen LogP contribution in [-0.4, -0.2) is 32.1 Å². The van der Waals surface area contributed by atoms with E-state index in [1.807, 2.05) is 42.2 Å². The molecule has 2 amide bonds. The van der Waals surface area contributed by atoms with E-state index in [1.165, 1.54) is 6.07 Å². The summed E-state index contributed by atoms with van der Waals surface area (Å²) >= 11 is 0. The Kier molecular flexibility index (Phi) is 4.81. The van der Waals surface area contributed by atoms with E-state index >= 15 is 0 Å². The Morgan fingerprint density at radius 3 is 2.56 bits per heavy atom. The van der Waals surface area contributed by atoms with E-state index in [2.05, 4.69) is 5.32 Å². The lowest BCUT2D eigenvalue weighted by Crippen LogP contribution is -2.34. The highest BCUT2D eigenvalue weighted by molar-refractivity contribution is 7.90. The molecule has 1 fully saturated rings. The van der Waals surface area contributed by atoms with Crippen molar-refractivity contribution in [3.8, 4) is 0 Å². The Morgan fingerprint density at radius 1 is 1.16 bits per heavy atom. The Morgan fingerprint density at radius 2 is 1.88 bits per heavy atom. The van der Waals surface area contributed by atoms with E-state index in [4.69, 9.17) is 0 Å². The molecule has 2 aromatic carbocycles. The van der Waals surface area contributed by atoms with Gasteiger partial charge in [-0.3, -0.25) is 0 Å². The van der Waals surface area contributed by atoms with Gasteiger partial charge in [0.2, 0.25) is 0 Å². The van der Waals surface area contributed by atoms with Gasteiger partial charge >= 0.3 is 6.03 Å². The maximum Gasteiger partial charge on any atom is 0.322 e. The molecule has 2 aromatic rings. The minimum absolute atomic E-state index is 0.0552. The van der Waals surface area contributed by atoms with Crippen LogP contribution in [0.5, 0.6) is 0 Å². The molecule has 25 heavy (non-hydrogen) atoms. The van der Waals surface area contributed by atoms with Crippen LogP contribution in [0.4, 0.5) is 10.5 Å². The number of nitrogens with one attached hydrogen (secondary N) is 1. The Labute approximate surface area is 148 Å². The third-order valence-corrected chi connectivity index (χ3v) is 5.69. The van der Waals surface area contributed by atoms with Crippen molar-refractivity contribution in [3.05, 3.63) is 59.7 Å². The van der Waals surface area contributed by atoms with Crippen LogP contribution in [-0.2, 0) is 9.84 Å². The molecule has 0 spiro atoms. The molecule has 0 aromatic heterocycles. The van der Waals surface area contributed by atoms with Crippen molar-refractivity contribution < 1.29 is 13.2 Å². The second kappa shape index (κ2) is 6.88. The molecule has 5 nitrogen and oxygen atoms in total. The van der Waals surface area contributed by atoms with Gasteiger partial charge in [-0.05, 0) is 43.0 Å². The van der Waals surface area contributed by atoms with Gasteiger partial charge in [0.1, 0.15) is 0 Å². The van der Waals surface area contributed by atoms with Crippen molar-refractivity contribution in [1.82, 2.24) is 4.90 Å².